The van der Waals surface area contributed by atoms with Crippen LogP contribution in [0.1, 0.15) is 5.56 Å². The SMILES string of the molecule is Cc1cc([N+](=O)[O-])ccc1NC(=O)CSc1nnnn1-c1ccc(Br)cc1. The van der Waals surface area contributed by atoms with E-state index in [-0.39, 0.29) is 17.3 Å². The van der Waals surface area contributed by atoms with Gasteiger partial charge in [0.1, 0.15) is 0 Å². The minimum absolute atomic E-state index is 0.0199. The molecule has 0 atom stereocenters. The molecule has 27 heavy (non-hydrogen) atoms. The third kappa shape index (κ3) is 4.68. The van der Waals surface area contributed by atoms with E-state index in [4.69, 9.17) is 0 Å². The minimum Gasteiger partial charge on any atom is -0.325 e. The van der Waals surface area contributed by atoms with Crippen LogP contribution in [0.25, 0.3) is 5.69 Å². The molecule has 0 aliphatic carbocycles. The number of non-ortho nitro benzene ring substituents is 1. The molecule has 3 aromatic rings. The van der Waals surface area contributed by atoms with Crippen molar-refractivity contribution < 1.29 is 9.72 Å². The fourth-order valence-electron chi connectivity index (χ4n) is 2.23. The molecule has 0 radical (unpaired) electrons. The Balaban J connectivity index is 1.64. The first kappa shape index (κ1) is 19.0. The summed E-state index contributed by atoms with van der Waals surface area (Å²) >= 11 is 4.56. The number of nitrogens with one attached hydrogen (secondary N) is 1. The third-order valence-corrected chi connectivity index (χ3v) is 4.99. The zero-order valence-corrected chi connectivity index (χ0v) is 16.4. The van der Waals surface area contributed by atoms with Gasteiger partial charge in [0.2, 0.25) is 11.1 Å². The monoisotopic (exact) mass is 448 g/mol. The first-order valence-electron chi connectivity index (χ1n) is 7.66. The Labute approximate surface area is 166 Å². The van der Waals surface area contributed by atoms with E-state index in [0.29, 0.717) is 16.4 Å². The maximum atomic E-state index is 12.2. The number of tetrazole rings is 1. The number of halogens is 1. The van der Waals surface area contributed by atoms with Crippen molar-refractivity contribution in [2.45, 2.75) is 12.1 Å². The van der Waals surface area contributed by atoms with Crippen molar-refractivity contribution in [3.8, 4) is 5.69 Å². The highest BCUT2D eigenvalue weighted by atomic mass is 79.9. The Kier molecular flexibility index (Phi) is 5.81. The van der Waals surface area contributed by atoms with Crippen molar-refractivity contribution in [1.82, 2.24) is 20.2 Å². The van der Waals surface area contributed by atoms with Gasteiger partial charge in [0.25, 0.3) is 5.69 Å². The van der Waals surface area contributed by atoms with Crippen molar-refractivity contribution in [3.05, 3.63) is 62.6 Å². The van der Waals surface area contributed by atoms with Gasteiger partial charge < -0.3 is 5.32 Å². The zero-order valence-electron chi connectivity index (χ0n) is 14.0. The lowest BCUT2D eigenvalue weighted by Gasteiger charge is -2.08. The number of aryl methyl sites for hydroxylation is 1. The van der Waals surface area contributed by atoms with Crippen molar-refractivity contribution in [1.29, 1.82) is 0 Å². The molecule has 0 aliphatic heterocycles. The number of anilines is 1. The number of hydrogen-bond donors (Lipinski definition) is 1. The van der Waals surface area contributed by atoms with Crippen LogP contribution in [0, 0.1) is 17.0 Å². The number of rotatable bonds is 6. The van der Waals surface area contributed by atoms with Gasteiger partial charge in [-0.05, 0) is 53.2 Å². The maximum Gasteiger partial charge on any atom is 0.269 e. The zero-order chi connectivity index (χ0) is 19.4. The number of amides is 1. The van der Waals surface area contributed by atoms with E-state index >= 15 is 0 Å². The highest BCUT2D eigenvalue weighted by Gasteiger charge is 2.13. The molecule has 9 nitrogen and oxygen atoms in total. The normalized spacial score (nSPS) is 10.6. The Morgan fingerprint density at radius 2 is 2.04 bits per heavy atom. The summed E-state index contributed by atoms with van der Waals surface area (Å²) in [6.45, 7) is 1.70. The summed E-state index contributed by atoms with van der Waals surface area (Å²) in [5.41, 5.74) is 1.90. The molecule has 0 saturated carbocycles. The third-order valence-electron chi connectivity index (χ3n) is 3.54. The lowest BCUT2D eigenvalue weighted by Crippen LogP contribution is -2.15. The Hall–Kier alpha value is -2.79. The van der Waals surface area contributed by atoms with E-state index in [1.54, 1.807) is 11.6 Å². The molecule has 1 amide bonds. The van der Waals surface area contributed by atoms with Crippen LogP contribution in [0.2, 0.25) is 0 Å². The van der Waals surface area contributed by atoms with Crippen LogP contribution in [0.5, 0.6) is 0 Å². The van der Waals surface area contributed by atoms with Gasteiger partial charge >= 0.3 is 0 Å². The Bertz CT molecular complexity index is 992. The standard InChI is InChI=1S/C16H13BrN6O3S/c1-10-8-13(23(25)26)6-7-14(10)18-15(24)9-27-16-19-20-21-22(16)12-4-2-11(17)3-5-12/h2-8H,9H2,1H3,(H,18,24). The van der Waals surface area contributed by atoms with E-state index in [1.807, 2.05) is 24.3 Å². The summed E-state index contributed by atoms with van der Waals surface area (Å²) in [5, 5.41) is 25.5. The Morgan fingerprint density at radius 1 is 1.30 bits per heavy atom. The molecule has 3 rings (SSSR count). The molecule has 0 fully saturated rings. The minimum atomic E-state index is -0.476. The van der Waals surface area contributed by atoms with Crippen molar-refractivity contribution >= 4 is 45.0 Å². The van der Waals surface area contributed by atoms with Crippen LogP contribution in [-0.4, -0.2) is 36.8 Å². The number of nitro groups is 1. The van der Waals surface area contributed by atoms with Gasteiger partial charge in [0.15, 0.2) is 0 Å². The van der Waals surface area contributed by atoms with Crippen molar-refractivity contribution in [3.63, 3.8) is 0 Å². The lowest BCUT2D eigenvalue weighted by molar-refractivity contribution is -0.384. The average molecular weight is 449 g/mol. The van der Waals surface area contributed by atoms with Crippen LogP contribution >= 0.6 is 27.7 Å². The van der Waals surface area contributed by atoms with Crippen LogP contribution in [-0.2, 0) is 4.79 Å². The molecule has 0 bridgehead atoms. The largest absolute Gasteiger partial charge is 0.325 e. The van der Waals surface area contributed by atoms with E-state index in [2.05, 4.69) is 36.8 Å². The van der Waals surface area contributed by atoms with Gasteiger partial charge in [-0.25, -0.2) is 0 Å². The van der Waals surface area contributed by atoms with Gasteiger partial charge in [0.05, 0.1) is 16.4 Å². The fraction of sp³-hybridized carbons (Fsp3) is 0.125. The first-order chi connectivity index (χ1) is 12.9. The number of hydrogen-bond acceptors (Lipinski definition) is 7. The van der Waals surface area contributed by atoms with Gasteiger partial charge in [-0.15, -0.1) is 5.10 Å². The maximum absolute atomic E-state index is 12.2. The molecule has 0 aliphatic rings. The van der Waals surface area contributed by atoms with Crippen LogP contribution in [0.3, 0.4) is 0 Å². The van der Waals surface area contributed by atoms with Gasteiger partial charge in [-0.3, -0.25) is 14.9 Å². The molecule has 0 unspecified atom stereocenters. The summed E-state index contributed by atoms with van der Waals surface area (Å²) in [5.74, 6) is -0.171. The van der Waals surface area contributed by atoms with E-state index < -0.39 is 4.92 Å². The molecule has 0 saturated heterocycles. The molecular weight excluding hydrogens is 436 g/mol. The molecular formula is C16H13BrN6O3S. The molecule has 0 spiro atoms. The number of nitrogens with zero attached hydrogens (tertiary/aromatic N) is 5. The number of aromatic nitrogens is 4. The second kappa shape index (κ2) is 8.27. The van der Waals surface area contributed by atoms with Crippen LogP contribution < -0.4 is 5.32 Å². The van der Waals surface area contributed by atoms with E-state index in [1.165, 1.54) is 30.0 Å². The van der Waals surface area contributed by atoms with Gasteiger partial charge in [-0.1, -0.05) is 27.7 Å². The second-order valence-corrected chi connectivity index (χ2v) is 7.30. The lowest BCUT2D eigenvalue weighted by atomic mass is 10.2. The van der Waals surface area contributed by atoms with Gasteiger partial charge in [-0.2, -0.15) is 4.68 Å². The van der Waals surface area contributed by atoms with Gasteiger partial charge in [0, 0.05) is 22.3 Å². The van der Waals surface area contributed by atoms with Crippen LogP contribution in [0.15, 0.2) is 52.1 Å². The highest BCUT2D eigenvalue weighted by molar-refractivity contribution is 9.10. The number of carbonyl (C=O) groups is 1. The molecule has 1 N–H and O–H groups in total. The first-order valence-corrected chi connectivity index (χ1v) is 9.44. The number of benzene rings is 2. The van der Waals surface area contributed by atoms with E-state index in [9.17, 15) is 14.9 Å². The molecule has 1 aromatic heterocycles. The van der Waals surface area contributed by atoms with Crippen LogP contribution in [0.4, 0.5) is 11.4 Å². The summed E-state index contributed by atoms with van der Waals surface area (Å²) in [7, 11) is 0. The number of carbonyl (C=O) groups excluding carboxylic acids is 1. The number of thioether (sulfide) groups is 1. The fourth-order valence-corrected chi connectivity index (χ4v) is 3.19. The average Bonchev–Trinajstić information content (AvgIpc) is 3.10. The van der Waals surface area contributed by atoms with Crippen molar-refractivity contribution in [2.24, 2.45) is 0 Å². The number of nitro benzene ring substituents is 1. The molecule has 11 heteroatoms. The highest BCUT2D eigenvalue weighted by Crippen LogP contribution is 2.23. The summed E-state index contributed by atoms with van der Waals surface area (Å²) in [6, 6.07) is 11.7. The van der Waals surface area contributed by atoms with Crippen molar-refractivity contribution in [2.75, 3.05) is 11.1 Å². The predicted octanol–water partition coefficient (Wildman–Crippen LogP) is 3.37. The molecule has 138 valence electrons. The predicted molar refractivity (Wildman–Crippen MR) is 104 cm³/mol. The molecule has 2 aromatic carbocycles. The summed E-state index contributed by atoms with van der Waals surface area (Å²) < 4.78 is 2.48. The summed E-state index contributed by atoms with van der Waals surface area (Å²) in [6.07, 6.45) is 0. The smallest absolute Gasteiger partial charge is 0.269 e. The van der Waals surface area contributed by atoms with E-state index in [0.717, 1.165) is 10.2 Å². The second-order valence-electron chi connectivity index (χ2n) is 5.44. The molecule has 1 heterocycles. The topological polar surface area (TPSA) is 116 Å². The summed E-state index contributed by atoms with van der Waals surface area (Å²) in [4.78, 5) is 22.5. The Morgan fingerprint density at radius 3 is 2.70 bits per heavy atom. The quantitative estimate of drug-likeness (QED) is 0.349.